The summed E-state index contributed by atoms with van der Waals surface area (Å²) in [5.41, 5.74) is 0.0671. The Labute approximate surface area is 62.2 Å². The molecule has 0 saturated heterocycles. The van der Waals surface area contributed by atoms with E-state index in [0.717, 1.165) is 6.21 Å². The molecule has 0 radical (unpaired) electrons. The highest BCUT2D eigenvalue weighted by Crippen LogP contribution is 2.00. The van der Waals surface area contributed by atoms with E-state index >= 15 is 0 Å². The molecule has 0 bridgehead atoms. The zero-order valence-corrected chi connectivity index (χ0v) is 5.51. The van der Waals surface area contributed by atoms with Gasteiger partial charge < -0.3 is 14.8 Å². The van der Waals surface area contributed by atoms with Gasteiger partial charge in [0.1, 0.15) is 0 Å². The quantitative estimate of drug-likeness (QED) is 0.377. The second-order valence-electron chi connectivity index (χ2n) is 1.71. The summed E-state index contributed by atoms with van der Waals surface area (Å²) in [5, 5.41) is 22.0. The minimum absolute atomic E-state index is 0.0671. The van der Waals surface area contributed by atoms with Crippen LogP contribution in [0.2, 0.25) is 0 Å². The zero-order chi connectivity index (χ0) is 8.10. The second-order valence-corrected chi connectivity index (χ2v) is 1.71. The highest BCUT2D eigenvalue weighted by atomic mass is 16.4. The summed E-state index contributed by atoms with van der Waals surface area (Å²) >= 11 is 0. The van der Waals surface area contributed by atoms with E-state index in [1.807, 2.05) is 0 Å². The highest BCUT2D eigenvalue weighted by molar-refractivity contribution is 6.36. The molecule has 5 heteroatoms. The molecule has 0 fully saturated rings. The lowest BCUT2D eigenvalue weighted by Gasteiger charge is -1.88. The average Bonchev–Trinajstić information content (AvgIpc) is 2.52. The Kier molecular flexibility index (Phi) is 2.27. The maximum Gasteiger partial charge on any atom is 0.166 e. The van der Waals surface area contributed by atoms with Gasteiger partial charge in [0.25, 0.3) is 0 Å². The molecule has 0 aliphatic rings. The van der Waals surface area contributed by atoms with E-state index in [2.05, 4.69) is 10.3 Å². The van der Waals surface area contributed by atoms with Crippen molar-refractivity contribution >= 4 is 11.9 Å². The van der Waals surface area contributed by atoms with Crippen molar-refractivity contribution in [2.24, 2.45) is 10.3 Å². The molecule has 11 heavy (non-hydrogen) atoms. The van der Waals surface area contributed by atoms with Crippen LogP contribution in [0.3, 0.4) is 0 Å². The number of nitrogens with zero attached hydrogens (tertiary/aromatic N) is 2. The summed E-state index contributed by atoms with van der Waals surface area (Å²) in [6.07, 6.45) is 2.39. The molecule has 1 aromatic rings. The maximum absolute atomic E-state index is 8.35. The largest absolute Gasteiger partial charge is 0.463 e. The van der Waals surface area contributed by atoms with Crippen molar-refractivity contribution in [3.05, 3.63) is 24.2 Å². The lowest BCUT2D eigenvalue weighted by Crippen LogP contribution is -2.00. The predicted octanol–water partition coefficient (Wildman–Crippen LogP) is 0.918. The van der Waals surface area contributed by atoms with Crippen LogP contribution in [-0.2, 0) is 0 Å². The number of hydrogen-bond acceptors (Lipinski definition) is 5. The van der Waals surface area contributed by atoms with Crippen LogP contribution in [0.5, 0.6) is 0 Å². The first-order valence-electron chi connectivity index (χ1n) is 2.82. The number of oxime groups is 2. The maximum atomic E-state index is 8.35. The standard InChI is InChI=1S/C6H6N2O3/c9-7-4-5(8-10)6-2-1-3-11-6/h1-4,9-10H. The third-order valence-corrected chi connectivity index (χ3v) is 1.06. The van der Waals surface area contributed by atoms with Gasteiger partial charge in [-0.1, -0.05) is 10.3 Å². The summed E-state index contributed by atoms with van der Waals surface area (Å²) in [6.45, 7) is 0. The SMILES string of the molecule is ON=CC(=NO)c1ccco1. The molecule has 58 valence electrons. The Hall–Kier alpha value is -1.78. The van der Waals surface area contributed by atoms with Gasteiger partial charge in [-0.15, -0.1) is 0 Å². The predicted molar refractivity (Wildman–Crippen MR) is 37.3 cm³/mol. The van der Waals surface area contributed by atoms with Crippen LogP contribution in [-0.4, -0.2) is 22.3 Å². The first-order valence-corrected chi connectivity index (χ1v) is 2.82. The van der Waals surface area contributed by atoms with Crippen molar-refractivity contribution in [3.63, 3.8) is 0 Å². The fourth-order valence-corrected chi connectivity index (χ4v) is 0.618. The summed E-state index contributed by atoms with van der Waals surface area (Å²) < 4.78 is 4.85. The van der Waals surface area contributed by atoms with Crippen LogP contribution in [0, 0.1) is 0 Å². The molecular weight excluding hydrogens is 148 g/mol. The topological polar surface area (TPSA) is 78.3 Å². The van der Waals surface area contributed by atoms with Crippen LogP contribution >= 0.6 is 0 Å². The fraction of sp³-hybridized carbons (Fsp3) is 0. The summed E-state index contributed by atoms with van der Waals surface area (Å²) in [4.78, 5) is 0. The van der Waals surface area contributed by atoms with E-state index in [0.29, 0.717) is 5.76 Å². The fourth-order valence-electron chi connectivity index (χ4n) is 0.618. The molecule has 2 N–H and O–H groups in total. The second kappa shape index (κ2) is 3.40. The van der Waals surface area contributed by atoms with Crippen LogP contribution in [0.1, 0.15) is 5.76 Å². The first kappa shape index (κ1) is 7.33. The van der Waals surface area contributed by atoms with E-state index in [4.69, 9.17) is 14.8 Å². The molecule has 1 rings (SSSR count). The lowest BCUT2D eigenvalue weighted by molar-refractivity contribution is 0.315. The minimum Gasteiger partial charge on any atom is -0.463 e. The van der Waals surface area contributed by atoms with Crippen LogP contribution in [0.15, 0.2) is 33.1 Å². The van der Waals surface area contributed by atoms with Crippen molar-refractivity contribution in [2.75, 3.05) is 0 Å². The average molecular weight is 154 g/mol. The molecule has 5 nitrogen and oxygen atoms in total. The monoisotopic (exact) mass is 154 g/mol. The van der Waals surface area contributed by atoms with E-state index in [-0.39, 0.29) is 5.71 Å². The Bertz CT molecular complexity index is 263. The van der Waals surface area contributed by atoms with E-state index in [9.17, 15) is 0 Å². The highest BCUT2D eigenvalue weighted by Gasteiger charge is 2.02. The Morgan fingerprint density at radius 3 is 2.82 bits per heavy atom. The van der Waals surface area contributed by atoms with Gasteiger partial charge in [-0.25, -0.2) is 0 Å². The summed E-state index contributed by atoms with van der Waals surface area (Å²) in [7, 11) is 0. The van der Waals surface area contributed by atoms with Gasteiger partial charge in [-0.2, -0.15) is 0 Å². The third-order valence-electron chi connectivity index (χ3n) is 1.06. The Morgan fingerprint density at radius 1 is 1.55 bits per heavy atom. The van der Waals surface area contributed by atoms with E-state index in [1.165, 1.54) is 6.26 Å². The van der Waals surface area contributed by atoms with Crippen molar-refractivity contribution in [1.29, 1.82) is 0 Å². The third kappa shape index (κ3) is 1.57. The molecule has 0 aromatic carbocycles. The van der Waals surface area contributed by atoms with E-state index in [1.54, 1.807) is 12.1 Å². The summed E-state index contributed by atoms with van der Waals surface area (Å²) in [6, 6.07) is 3.21. The normalized spacial score (nSPS) is 12.5. The molecule has 0 aliphatic carbocycles. The molecule has 0 aliphatic heterocycles. The van der Waals surface area contributed by atoms with Crippen LogP contribution < -0.4 is 0 Å². The number of hydrogen-bond donors (Lipinski definition) is 2. The van der Waals surface area contributed by atoms with Crippen molar-refractivity contribution in [2.45, 2.75) is 0 Å². The molecule has 0 amide bonds. The first-order chi connectivity index (χ1) is 5.38. The number of rotatable bonds is 2. The van der Waals surface area contributed by atoms with Crippen molar-refractivity contribution < 1.29 is 14.8 Å². The van der Waals surface area contributed by atoms with Gasteiger partial charge in [-0.3, -0.25) is 0 Å². The Balaban J connectivity index is 2.89. The van der Waals surface area contributed by atoms with Gasteiger partial charge in [0.05, 0.1) is 12.5 Å². The summed E-state index contributed by atoms with van der Waals surface area (Å²) in [5.74, 6) is 0.338. The van der Waals surface area contributed by atoms with Crippen molar-refractivity contribution in [1.82, 2.24) is 0 Å². The molecule has 0 atom stereocenters. The van der Waals surface area contributed by atoms with Gasteiger partial charge >= 0.3 is 0 Å². The smallest absolute Gasteiger partial charge is 0.166 e. The molecule has 0 spiro atoms. The van der Waals surface area contributed by atoms with Crippen molar-refractivity contribution in [3.8, 4) is 0 Å². The lowest BCUT2D eigenvalue weighted by atomic mass is 10.3. The van der Waals surface area contributed by atoms with Gasteiger partial charge in [0.2, 0.25) is 0 Å². The molecule has 1 heterocycles. The molecule has 1 aromatic heterocycles. The van der Waals surface area contributed by atoms with Gasteiger partial charge in [0.15, 0.2) is 11.5 Å². The zero-order valence-electron chi connectivity index (χ0n) is 5.51. The minimum atomic E-state index is 0.0671. The van der Waals surface area contributed by atoms with E-state index < -0.39 is 0 Å². The van der Waals surface area contributed by atoms with Crippen LogP contribution in [0.4, 0.5) is 0 Å². The molecular formula is C6H6N2O3. The number of furan rings is 1. The molecule has 0 saturated carbocycles. The van der Waals surface area contributed by atoms with Gasteiger partial charge in [0, 0.05) is 0 Å². The van der Waals surface area contributed by atoms with Gasteiger partial charge in [-0.05, 0) is 12.1 Å². The van der Waals surface area contributed by atoms with Crippen LogP contribution in [0.25, 0.3) is 0 Å². The Morgan fingerprint density at radius 2 is 2.36 bits per heavy atom. The molecule has 0 unspecified atom stereocenters.